The van der Waals surface area contributed by atoms with Crippen LogP contribution in [0.4, 0.5) is 11.6 Å². The highest BCUT2D eigenvalue weighted by Gasteiger charge is 2.26. The van der Waals surface area contributed by atoms with E-state index in [1.54, 1.807) is 0 Å². The maximum Gasteiger partial charge on any atom is 0.137 e. The van der Waals surface area contributed by atoms with Crippen LogP contribution in [0.2, 0.25) is 0 Å². The van der Waals surface area contributed by atoms with Crippen LogP contribution in [0.25, 0.3) is 0 Å². The van der Waals surface area contributed by atoms with Gasteiger partial charge in [0.05, 0.1) is 6.10 Å². The summed E-state index contributed by atoms with van der Waals surface area (Å²) in [5, 5.41) is 13.0. The van der Waals surface area contributed by atoms with Gasteiger partial charge in [0, 0.05) is 32.1 Å². The molecule has 1 saturated heterocycles. The molecule has 2 unspecified atom stereocenters. The molecule has 1 fully saturated rings. The van der Waals surface area contributed by atoms with Crippen molar-refractivity contribution < 1.29 is 5.11 Å². The van der Waals surface area contributed by atoms with Crippen LogP contribution in [0.5, 0.6) is 0 Å². The third-order valence-corrected chi connectivity index (χ3v) is 4.04. The van der Waals surface area contributed by atoms with Crippen molar-refractivity contribution in [1.82, 2.24) is 9.97 Å². The first-order valence-electron chi connectivity index (χ1n) is 7.55. The Morgan fingerprint density at radius 2 is 2.15 bits per heavy atom. The summed E-state index contributed by atoms with van der Waals surface area (Å²) in [6.07, 6.45) is 2.56. The van der Waals surface area contributed by atoms with Crippen LogP contribution >= 0.6 is 0 Å². The SMILES string of the molecule is CCCc1nc(NC)c(C)c(N2CCC(O)C(C)C2)n1. The maximum atomic E-state index is 9.88. The third kappa shape index (κ3) is 3.03. The number of aryl methyl sites for hydroxylation is 1. The van der Waals surface area contributed by atoms with E-state index in [1.807, 2.05) is 7.05 Å². The molecule has 2 atom stereocenters. The van der Waals surface area contributed by atoms with Gasteiger partial charge >= 0.3 is 0 Å². The molecule has 112 valence electrons. The number of aliphatic hydroxyl groups is 1. The molecule has 1 aliphatic rings. The van der Waals surface area contributed by atoms with E-state index in [-0.39, 0.29) is 12.0 Å². The lowest BCUT2D eigenvalue weighted by atomic mass is 9.96. The number of anilines is 2. The summed E-state index contributed by atoms with van der Waals surface area (Å²) in [5.41, 5.74) is 1.09. The molecule has 0 saturated carbocycles. The van der Waals surface area contributed by atoms with Gasteiger partial charge in [-0.3, -0.25) is 0 Å². The summed E-state index contributed by atoms with van der Waals surface area (Å²) in [5.74, 6) is 3.12. The number of hydrogen-bond acceptors (Lipinski definition) is 5. The van der Waals surface area contributed by atoms with Gasteiger partial charge in [-0.25, -0.2) is 9.97 Å². The predicted octanol–water partition coefficient (Wildman–Crippen LogP) is 1.99. The molecule has 20 heavy (non-hydrogen) atoms. The van der Waals surface area contributed by atoms with Gasteiger partial charge in [-0.05, 0) is 25.7 Å². The van der Waals surface area contributed by atoms with Crippen molar-refractivity contribution in [3.63, 3.8) is 0 Å². The van der Waals surface area contributed by atoms with E-state index in [0.717, 1.165) is 55.4 Å². The molecule has 0 amide bonds. The first kappa shape index (κ1) is 15.0. The third-order valence-electron chi connectivity index (χ3n) is 4.04. The minimum absolute atomic E-state index is 0.188. The van der Waals surface area contributed by atoms with Gasteiger partial charge in [-0.2, -0.15) is 0 Å². The first-order valence-corrected chi connectivity index (χ1v) is 7.55. The number of aliphatic hydroxyl groups excluding tert-OH is 1. The Hall–Kier alpha value is -1.36. The fraction of sp³-hybridized carbons (Fsp3) is 0.733. The quantitative estimate of drug-likeness (QED) is 0.882. The van der Waals surface area contributed by atoms with Gasteiger partial charge < -0.3 is 15.3 Å². The fourth-order valence-electron chi connectivity index (χ4n) is 2.76. The second kappa shape index (κ2) is 6.39. The highest BCUT2D eigenvalue weighted by molar-refractivity contribution is 5.58. The minimum Gasteiger partial charge on any atom is -0.393 e. The Morgan fingerprint density at radius 1 is 1.40 bits per heavy atom. The van der Waals surface area contributed by atoms with Crippen molar-refractivity contribution in [2.75, 3.05) is 30.4 Å². The van der Waals surface area contributed by atoms with Crippen LogP contribution < -0.4 is 10.2 Å². The van der Waals surface area contributed by atoms with Crippen molar-refractivity contribution in [2.24, 2.45) is 5.92 Å². The van der Waals surface area contributed by atoms with Crippen LogP contribution in [0.3, 0.4) is 0 Å². The second-order valence-corrected chi connectivity index (χ2v) is 5.72. The number of nitrogens with one attached hydrogen (secondary N) is 1. The standard InChI is InChI=1S/C15H26N4O/c1-5-6-13-17-14(16-4)11(3)15(18-13)19-8-7-12(20)10(2)9-19/h10,12,20H,5-9H2,1-4H3,(H,16,17,18). The lowest BCUT2D eigenvalue weighted by molar-refractivity contribution is 0.0968. The van der Waals surface area contributed by atoms with Crippen molar-refractivity contribution >= 4 is 11.6 Å². The minimum atomic E-state index is -0.188. The Morgan fingerprint density at radius 3 is 2.75 bits per heavy atom. The number of hydrogen-bond donors (Lipinski definition) is 2. The first-order chi connectivity index (χ1) is 9.56. The summed E-state index contributed by atoms with van der Waals surface area (Å²) in [6, 6.07) is 0. The number of aromatic nitrogens is 2. The summed E-state index contributed by atoms with van der Waals surface area (Å²) >= 11 is 0. The van der Waals surface area contributed by atoms with Gasteiger partial charge in [0.25, 0.3) is 0 Å². The van der Waals surface area contributed by atoms with Crippen molar-refractivity contribution in [3.05, 3.63) is 11.4 Å². The molecule has 2 heterocycles. The molecular formula is C15H26N4O. The van der Waals surface area contributed by atoms with E-state index >= 15 is 0 Å². The molecule has 0 radical (unpaired) electrons. The maximum absolute atomic E-state index is 9.88. The molecule has 2 rings (SSSR count). The van der Waals surface area contributed by atoms with Gasteiger partial charge in [0.2, 0.25) is 0 Å². The summed E-state index contributed by atoms with van der Waals surface area (Å²) < 4.78 is 0. The van der Waals surface area contributed by atoms with Gasteiger partial charge in [0.15, 0.2) is 0 Å². The van der Waals surface area contributed by atoms with Crippen molar-refractivity contribution in [2.45, 2.75) is 46.1 Å². The van der Waals surface area contributed by atoms with E-state index in [2.05, 4.69) is 36.0 Å². The van der Waals surface area contributed by atoms with E-state index in [0.29, 0.717) is 0 Å². The number of piperidine rings is 1. The molecule has 1 aliphatic heterocycles. The lowest BCUT2D eigenvalue weighted by Gasteiger charge is -2.36. The fourth-order valence-corrected chi connectivity index (χ4v) is 2.76. The average Bonchev–Trinajstić information content (AvgIpc) is 2.44. The molecule has 2 N–H and O–H groups in total. The van der Waals surface area contributed by atoms with Crippen LogP contribution in [0, 0.1) is 12.8 Å². The largest absolute Gasteiger partial charge is 0.393 e. The number of rotatable bonds is 4. The van der Waals surface area contributed by atoms with Crippen molar-refractivity contribution in [3.8, 4) is 0 Å². The van der Waals surface area contributed by atoms with Gasteiger partial charge in [0.1, 0.15) is 17.5 Å². The average molecular weight is 278 g/mol. The zero-order valence-corrected chi connectivity index (χ0v) is 13.0. The monoisotopic (exact) mass is 278 g/mol. The molecular weight excluding hydrogens is 252 g/mol. The molecule has 1 aromatic heterocycles. The Bertz CT molecular complexity index is 463. The van der Waals surface area contributed by atoms with Gasteiger partial charge in [-0.1, -0.05) is 13.8 Å². The molecule has 0 bridgehead atoms. The zero-order chi connectivity index (χ0) is 14.7. The highest BCUT2D eigenvalue weighted by Crippen LogP contribution is 2.28. The molecule has 5 nitrogen and oxygen atoms in total. The van der Waals surface area contributed by atoms with E-state index in [4.69, 9.17) is 4.98 Å². The summed E-state index contributed by atoms with van der Waals surface area (Å²) in [6.45, 7) is 8.01. The smallest absolute Gasteiger partial charge is 0.137 e. The normalized spacial score (nSPS) is 22.9. The van der Waals surface area contributed by atoms with E-state index in [9.17, 15) is 5.11 Å². The van der Waals surface area contributed by atoms with E-state index in [1.165, 1.54) is 0 Å². The summed E-state index contributed by atoms with van der Waals surface area (Å²) in [7, 11) is 1.90. The van der Waals surface area contributed by atoms with E-state index < -0.39 is 0 Å². The highest BCUT2D eigenvalue weighted by atomic mass is 16.3. The van der Waals surface area contributed by atoms with Crippen LogP contribution in [-0.4, -0.2) is 41.3 Å². The zero-order valence-electron chi connectivity index (χ0n) is 13.0. The molecule has 1 aromatic rings. The predicted molar refractivity (Wildman–Crippen MR) is 82.3 cm³/mol. The van der Waals surface area contributed by atoms with Crippen LogP contribution in [0.1, 0.15) is 38.1 Å². The topological polar surface area (TPSA) is 61.3 Å². The molecule has 5 heteroatoms. The Labute approximate surface area is 121 Å². The van der Waals surface area contributed by atoms with Crippen LogP contribution in [0.15, 0.2) is 0 Å². The molecule has 0 spiro atoms. The molecule has 0 aliphatic carbocycles. The lowest BCUT2D eigenvalue weighted by Crippen LogP contribution is -2.42. The number of nitrogens with zero attached hydrogens (tertiary/aromatic N) is 3. The van der Waals surface area contributed by atoms with Crippen LogP contribution in [-0.2, 0) is 6.42 Å². The summed E-state index contributed by atoms with van der Waals surface area (Å²) in [4.78, 5) is 11.6. The second-order valence-electron chi connectivity index (χ2n) is 5.72. The Balaban J connectivity index is 2.32. The molecule has 0 aromatic carbocycles. The van der Waals surface area contributed by atoms with Gasteiger partial charge in [-0.15, -0.1) is 0 Å². The Kier molecular flexibility index (Phi) is 4.81. The van der Waals surface area contributed by atoms with Crippen molar-refractivity contribution in [1.29, 1.82) is 0 Å².